The SMILES string of the molecule is C[C@@H]1C[C@H](Oc2ccc(Cl)cc2)CN1. The van der Waals surface area contributed by atoms with Crippen molar-refractivity contribution in [3.05, 3.63) is 29.3 Å². The lowest BCUT2D eigenvalue weighted by Gasteiger charge is -2.12. The first kappa shape index (κ1) is 9.81. The molecule has 1 heterocycles. The summed E-state index contributed by atoms with van der Waals surface area (Å²) in [6, 6.07) is 8.08. The first-order valence-electron chi connectivity index (χ1n) is 4.89. The van der Waals surface area contributed by atoms with Crippen molar-refractivity contribution in [3.8, 4) is 5.75 Å². The molecule has 2 atom stereocenters. The van der Waals surface area contributed by atoms with E-state index in [1.54, 1.807) is 0 Å². The molecule has 0 bridgehead atoms. The summed E-state index contributed by atoms with van der Waals surface area (Å²) < 4.78 is 5.78. The van der Waals surface area contributed by atoms with Crippen molar-refractivity contribution < 1.29 is 4.74 Å². The van der Waals surface area contributed by atoms with Gasteiger partial charge >= 0.3 is 0 Å². The Bertz CT molecular complexity index is 299. The van der Waals surface area contributed by atoms with Crippen LogP contribution in [0.1, 0.15) is 13.3 Å². The molecule has 1 aromatic carbocycles. The molecule has 1 N–H and O–H groups in total. The molecule has 3 heteroatoms. The van der Waals surface area contributed by atoms with Gasteiger partial charge in [-0.3, -0.25) is 0 Å². The van der Waals surface area contributed by atoms with Gasteiger partial charge in [0, 0.05) is 24.0 Å². The van der Waals surface area contributed by atoms with Crippen molar-refractivity contribution in [2.75, 3.05) is 6.54 Å². The molecule has 0 amide bonds. The third-order valence-corrected chi connectivity index (χ3v) is 2.68. The molecule has 1 aromatic rings. The average molecular weight is 212 g/mol. The van der Waals surface area contributed by atoms with Gasteiger partial charge < -0.3 is 10.1 Å². The van der Waals surface area contributed by atoms with E-state index in [4.69, 9.17) is 16.3 Å². The van der Waals surface area contributed by atoms with Crippen LogP contribution >= 0.6 is 11.6 Å². The highest BCUT2D eigenvalue weighted by atomic mass is 35.5. The van der Waals surface area contributed by atoms with Crippen LogP contribution in [-0.4, -0.2) is 18.7 Å². The van der Waals surface area contributed by atoms with Gasteiger partial charge in [-0.05, 0) is 31.2 Å². The predicted octanol–water partition coefficient (Wildman–Crippen LogP) is 2.47. The number of rotatable bonds is 2. The van der Waals surface area contributed by atoms with Crippen molar-refractivity contribution >= 4 is 11.6 Å². The molecular formula is C11H14ClNO. The Labute approximate surface area is 89.2 Å². The molecule has 1 fully saturated rings. The van der Waals surface area contributed by atoms with Crippen LogP contribution in [0.3, 0.4) is 0 Å². The Balaban J connectivity index is 1.94. The van der Waals surface area contributed by atoms with E-state index >= 15 is 0 Å². The van der Waals surface area contributed by atoms with Crippen LogP contribution in [0.2, 0.25) is 5.02 Å². The van der Waals surface area contributed by atoms with Crippen LogP contribution in [-0.2, 0) is 0 Å². The van der Waals surface area contributed by atoms with Crippen LogP contribution in [0, 0.1) is 0 Å². The van der Waals surface area contributed by atoms with Crippen molar-refractivity contribution in [1.29, 1.82) is 0 Å². The molecule has 0 aromatic heterocycles. The minimum absolute atomic E-state index is 0.297. The summed E-state index contributed by atoms with van der Waals surface area (Å²) in [5.74, 6) is 0.898. The molecule has 0 saturated carbocycles. The quantitative estimate of drug-likeness (QED) is 0.812. The smallest absolute Gasteiger partial charge is 0.119 e. The monoisotopic (exact) mass is 211 g/mol. The molecule has 2 nitrogen and oxygen atoms in total. The molecule has 1 aliphatic heterocycles. The number of hydrogen-bond acceptors (Lipinski definition) is 2. The van der Waals surface area contributed by atoms with E-state index in [1.807, 2.05) is 24.3 Å². The highest BCUT2D eigenvalue weighted by Crippen LogP contribution is 2.19. The zero-order valence-corrected chi connectivity index (χ0v) is 8.92. The zero-order valence-electron chi connectivity index (χ0n) is 8.16. The lowest BCUT2D eigenvalue weighted by atomic mass is 10.2. The number of nitrogens with one attached hydrogen (secondary N) is 1. The van der Waals surface area contributed by atoms with Gasteiger partial charge in [-0.15, -0.1) is 0 Å². The third-order valence-electron chi connectivity index (χ3n) is 2.43. The van der Waals surface area contributed by atoms with Gasteiger partial charge in [0.25, 0.3) is 0 Å². The highest BCUT2D eigenvalue weighted by Gasteiger charge is 2.21. The zero-order chi connectivity index (χ0) is 9.97. The molecule has 0 aliphatic carbocycles. The largest absolute Gasteiger partial charge is 0.489 e. The fourth-order valence-corrected chi connectivity index (χ4v) is 1.82. The highest BCUT2D eigenvalue weighted by molar-refractivity contribution is 6.30. The summed E-state index contributed by atoms with van der Waals surface area (Å²) in [5, 5.41) is 4.10. The number of ether oxygens (including phenoxy) is 1. The fourth-order valence-electron chi connectivity index (χ4n) is 1.69. The molecule has 1 aliphatic rings. The van der Waals surface area contributed by atoms with Gasteiger partial charge in [-0.1, -0.05) is 11.6 Å². The molecule has 0 radical (unpaired) electrons. The lowest BCUT2D eigenvalue weighted by molar-refractivity contribution is 0.220. The molecule has 76 valence electrons. The third kappa shape index (κ3) is 2.40. The van der Waals surface area contributed by atoms with Gasteiger partial charge in [0.15, 0.2) is 0 Å². The maximum absolute atomic E-state index is 5.78. The summed E-state index contributed by atoms with van der Waals surface area (Å²) in [6.07, 6.45) is 1.37. The van der Waals surface area contributed by atoms with Crippen LogP contribution in [0.4, 0.5) is 0 Å². The molecule has 0 unspecified atom stereocenters. The minimum Gasteiger partial charge on any atom is -0.489 e. The topological polar surface area (TPSA) is 21.3 Å². The Morgan fingerprint density at radius 1 is 1.36 bits per heavy atom. The van der Waals surface area contributed by atoms with E-state index in [2.05, 4.69) is 12.2 Å². The second-order valence-corrected chi connectivity index (χ2v) is 4.18. The van der Waals surface area contributed by atoms with Crippen molar-refractivity contribution in [3.63, 3.8) is 0 Å². The number of benzene rings is 1. The molecule has 2 rings (SSSR count). The summed E-state index contributed by atoms with van der Waals surface area (Å²) in [5.41, 5.74) is 0. The predicted molar refractivity (Wildman–Crippen MR) is 57.9 cm³/mol. The minimum atomic E-state index is 0.297. The van der Waals surface area contributed by atoms with Crippen LogP contribution in [0.25, 0.3) is 0 Å². The summed E-state index contributed by atoms with van der Waals surface area (Å²) in [7, 11) is 0. The molecular weight excluding hydrogens is 198 g/mol. The normalized spacial score (nSPS) is 26.4. The van der Waals surface area contributed by atoms with Crippen LogP contribution < -0.4 is 10.1 Å². The maximum atomic E-state index is 5.78. The van der Waals surface area contributed by atoms with Crippen molar-refractivity contribution in [1.82, 2.24) is 5.32 Å². The van der Waals surface area contributed by atoms with Crippen molar-refractivity contribution in [2.45, 2.75) is 25.5 Å². The van der Waals surface area contributed by atoms with E-state index in [0.717, 1.165) is 23.7 Å². The van der Waals surface area contributed by atoms with Gasteiger partial charge in [0.2, 0.25) is 0 Å². The Morgan fingerprint density at radius 2 is 2.07 bits per heavy atom. The van der Waals surface area contributed by atoms with Gasteiger partial charge in [-0.25, -0.2) is 0 Å². The van der Waals surface area contributed by atoms with Crippen molar-refractivity contribution in [2.24, 2.45) is 0 Å². The first-order chi connectivity index (χ1) is 6.74. The standard InChI is InChI=1S/C11H14ClNO/c1-8-6-11(7-13-8)14-10-4-2-9(12)3-5-10/h2-5,8,11,13H,6-7H2,1H3/t8-,11+/m1/s1. The molecule has 0 spiro atoms. The van der Waals surface area contributed by atoms with E-state index in [-0.39, 0.29) is 0 Å². The van der Waals surface area contributed by atoms with E-state index in [1.165, 1.54) is 0 Å². The molecule has 1 saturated heterocycles. The lowest BCUT2D eigenvalue weighted by Crippen LogP contribution is -2.20. The van der Waals surface area contributed by atoms with E-state index in [0.29, 0.717) is 12.1 Å². The summed E-state index contributed by atoms with van der Waals surface area (Å²) in [4.78, 5) is 0. The van der Waals surface area contributed by atoms with E-state index in [9.17, 15) is 0 Å². The Hall–Kier alpha value is -0.730. The summed E-state index contributed by atoms with van der Waals surface area (Å²) in [6.45, 7) is 3.11. The van der Waals surface area contributed by atoms with E-state index < -0.39 is 0 Å². The van der Waals surface area contributed by atoms with Crippen LogP contribution in [0.15, 0.2) is 24.3 Å². The second-order valence-electron chi connectivity index (χ2n) is 3.74. The van der Waals surface area contributed by atoms with Gasteiger partial charge in [0.05, 0.1) is 0 Å². The number of halogens is 1. The summed E-state index contributed by atoms with van der Waals surface area (Å²) >= 11 is 5.78. The Morgan fingerprint density at radius 3 is 2.64 bits per heavy atom. The van der Waals surface area contributed by atoms with Gasteiger partial charge in [-0.2, -0.15) is 0 Å². The maximum Gasteiger partial charge on any atom is 0.119 e. The molecule has 14 heavy (non-hydrogen) atoms. The second kappa shape index (κ2) is 4.20. The van der Waals surface area contributed by atoms with Crippen LogP contribution in [0.5, 0.6) is 5.75 Å². The Kier molecular flexibility index (Phi) is 2.94. The fraction of sp³-hybridized carbons (Fsp3) is 0.455. The first-order valence-corrected chi connectivity index (χ1v) is 5.27. The number of hydrogen-bond donors (Lipinski definition) is 1. The van der Waals surface area contributed by atoms with Gasteiger partial charge in [0.1, 0.15) is 11.9 Å². The average Bonchev–Trinajstić information content (AvgIpc) is 2.56.